The monoisotopic (exact) mass is 312 g/mol. The topological polar surface area (TPSA) is 35.8 Å². The van der Waals surface area contributed by atoms with Crippen LogP contribution in [-0.4, -0.2) is 17.3 Å². The average Bonchev–Trinajstić information content (AvgIpc) is 2.26. The normalized spacial score (nSPS) is 14.4. The summed E-state index contributed by atoms with van der Waals surface area (Å²) in [7, 11) is 0. The third-order valence-electron chi connectivity index (χ3n) is 2.18. The van der Waals surface area contributed by atoms with Gasteiger partial charge in [0.25, 0.3) is 0 Å². The van der Waals surface area contributed by atoms with E-state index in [9.17, 15) is 5.26 Å². The number of thioether (sulfide) groups is 1. The lowest BCUT2D eigenvalue weighted by molar-refractivity contribution is 0.443. The van der Waals surface area contributed by atoms with Crippen LogP contribution in [0.5, 0.6) is 0 Å². The van der Waals surface area contributed by atoms with Crippen LogP contribution < -0.4 is 5.32 Å². The van der Waals surface area contributed by atoms with E-state index in [-0.39, 0.29) is 0 Å². The lowest BCUT2D eigenvalue weighted by Gasteiger charge is -2.25. The van der Waals surface area contributed by atoms with Crippen molar-refractivity contribution in [3.05, 3.63) is 28.7 Å². The molecule has 4 heteroatoms. The smallest absolute Gasteiger partial charge is 0.113 e. The second kappa shape index (κ2) is 6.44. The molecule has 0 radical (unpaired) electrons. The van der Waals surface area contributed by atoms with Crippen molar-refractivity contribution in [2.75, 3.05) is 5.75 Å². The van der Waals surface area contributed by atoms with Gasteiger partial charge in [-0.1, -0.05) is 22.0 Å². The predicted molar refractivity (Wildman–Crippen MR) is 77.2 cm³/mol. The molecular formula is C13H17BrN2S. The minimum Gasteiger partial charge on any atom is -0.297 e. The zero-order valence-corrected chi connectivity index (χ0v) is 12.7. The Bertz CT molecular complexity index is 414. The summed E-state index contributed by atoms with van der Waals surface area (Å²) in [4.78, 5) is 1.17. The van der Waals surface area contributed by atoms with Crippen LogP contribution in [0.4, 0.5) is 0 Å². The van der Waals surface area contributed by atoms with Crippen LogP contribution in [0, 0.1) is 11.3 Å². The van der Waals surface area contributed by atoms with Gasteiger partial charge < -0.3 is 0 Å². The van der Waals surface area contributed by atoms with E-state index >= 15 is 0 Å². The summed E-state index contributed by atoms with van der Waals surface area (Å²) in [5.41, 5.74) is -0.485. The zero-order valence-electron chi connectivity index (χ0n) is 10.3. The van der Waals surface area contributed by atoms with E-state index in [1.54, 1.807) is 11.8 Å². The molecule has 2 nitrogen and oxygen atoms in total. The van der Waals surface area contributed by atoms with Crippen LogP contribution >= 0.6 is 27.7 Å². The van der Waals surface area contributed by atoms with Gasteiger partial charge in [-0.2, -0.15) is 5.26 Å². The van der Waals surface area contributed by atoms with Crippen LogP contribution in [0.15, 0.2) is 33.6 Å². The Kier molecular flexibility index (Phi) is 5.51. The lowest BCUT2D eigenvalue weighted by Crippen LogP contribution is -2.47. The zero-order chi connectivity index (χ0) is 12.9. The standard InChI is InChI=1S/C13H17BrN2S/c1-10(2)16-13(3,8-15)9-17-12-6-4-5-11(14)7-12/h4-7,10,16H,9H2,1-3H3. The Morgan fingerprint density at radius 2 is 2.24 bits per heavy atom. The van der Waals surface area contributed by atoms with Gasteiger partial charge in [-0.15, -0.1) is 11.8 Å². The third kappa shape index (κ3) is 5.12. The number of hydrogen-bond donors (Lipinski definition) is 1. The molecule has 0 fully saturated rings. The van der Waals surface area contributed by atoms with Crippen LogP contribution in [-0.2, 0) is 0 Å². The highest BCUT2D eigenvalue weighted by atomic mass is 79.9. The maximum absolute atomic E-state index is 9.23. The highest BCUT2D eigenvalue weighted by Crippen LogP contribution is 2.25. The summed E-state index contributed by atoms with van der Waals surface area (Å²) < 4.78 is 1.07. The molecule has 0 aliphatic heterocycles. The first-order valence-corrected chi connectivity index (χ1v) is 7.30. The van der Waals surface area contributed by atoms with E-state index in [2.05, 4.69) is 53.3 Å². The van der Waals surface area contributed by atoms with Gasteiger partial charge in [0.2, 0.25) is 0 Å². The van der Waals surface area contributed by atoms with Crippen molar-refractivity contribution in [1.29, 1.82) is 5.26 Å². The number of hydrogen-bond acceptors (Lipinski definition) is 3. The van der Waals surface area contributed by atoms with Crippen molar-refractivity contribution in [1.82, 2.24) is 5.32 Å². The molecule has 0 aliphatic carbocycles. The fourth-order valence-corrected chi connectivity index (χ4v) is 3.07. The Labute approximate surface area is 116 Å². The molecule has 0 aliphatic rings. The molecule has 17 heavy (non-hydrogen) atoms. The molecule has 0 aromatic heterocycles. The Morgan fingerprint density at radius 3 is 2.76 bits per heavy atom. The maximum atomic E-state index is 9.23. The first kappa shape index (κ1) is 14.6. The van der Waals surface area contributed by atoms with Gasteiger partial charge in [0, 0.05) is 21.2 Å². The molecule has 1 unspecified atom stereocenters. The van der Waals surface area contributed by atoms with Crippen molar-refractivity contribution in [3.8, 4) is 6.07 Å². The summed E-state index contributed by atoms with van der Waals surface area (Å²) in [5.74, 6) is 0.734. The number of nitrogens with zero attached hydrogens (tertiary/aromatic N) is 1. The molecule has 0 saturated heterocycles. The summed E-state index contributed by atoms with van der Waals surface area (Å²) in [6.45, 7) is 6.05. The van der Waals surface area contributed by atoms with Gasteiger partial charge in [0.15, 0.2) is 0 Å². The van der Waals surface area contributed by atoms with Crippen molar-refractivity contribution in [2.24, 2.45) is 0 Å². The van der Waals surface area contributed by atoms with Crippen LogP contribution in [0.2, 0.25) is 0 Å². The predicted octanol–water partition coefficient (Wildman–Crippen LogP) is 3.82. The Balaban J connectivity index is 2.62. The van der Waals surface area contributed by atoms with Crippen molar-refractivity contribution in [2.45, 2.75) is 37.2 Å². The van der Waals surface area contributed by atoms with E-state index in [1.165, 1.54) is 4.90 Å². The second-order valence-corrected chi connectivity index (χ2v) is 6.45. The first-order valence-electron chi connectivity index (χ1n) is 5.52. The average molecular weight is 313 g/mol. The summed E-state index contributed by atoms with van der Waals surface area (Å²) >= 11 is 5.14. The molecule has 1 rings (SSSR count). The minimum atomic E-state index is -0.485. The summed E-state index contributed by atoms with van der Waals surface area (Å²) in [6.07, 6.45) is 0. The van der Waals surface area contributed by atoms with Crippen LogP contribution in [0.1, 0.15) is 20.8 Å². The van der Waals surface area contributed by atoms with E-state index in [0.717, 1.165) is 10.2 Å². The Morgan fingerprint density at radius 1 is 1.53 bits per heavy atom. The third-order valence-corrected chi connectivity index (χ3v) is 3.98. The highest BCUT2D eigenvalue weighted by Gasteiger charge is 2.24. The number of nitriles is 1. The number of rotatable bonds is 5. The molecule has 0 spiro atoms. The number of halogens is 1. The van der Waals surface area contributed by atoms with Crippen molar-refractivity contribution >= 4 is 27.7 Å². The first-order chi connectivity index (χ1) is 7.95. The molecule has 92 valence electrons. The highest BCUT2D eigenvalue weighted by molar-refractivity contribution is 9.10. The van der Waals surface area contributed by atoms with Gasteiger partial charge >= 0.3 is 0 Å². The summed E-state index contributed by atoms with van der Waals surface area (Å²) in [6, 6.07) is 10.8. The fourth-order valence-electron chi connectivity index (χ4n) is 1.53. The summed E-state index contributed by atoms with van der Waals surface area (Å²) in [5, 5.41) is 12.5. The number of benzene rings is 1. The van der Waals surface area contributed by atoms with Gasteiger partial charge in [-0.3, -0.25) is 5.32 Å². The van der Waals surface area contributed by atoms with Crippen LogP contribution in [0.3, 0.4) is 0 Å². The molecule has 0 amide bonds. The van der Waals surface area contributed by atoms with Crippen LogP contribution in [0.25, 0.3) is 0 Å². The molecule has 0 bridgehead atoms. The van der Waals surface area contributed by atoms with Gasteiger partial charge in [-0.05, 0) is 39.0 Å². The number of nitrogens with one attached hydrogen (secondary N) is 1. The van der Waals surface area contributed by atoms with E-state index in [1.807, 2.05) is 19.1 Å². The van der Waals surface area contributed by atoms with Gasteiger partial charge in [-0.25, -0.2) is 0 Å². The molecule has 0 saturated carbocycles. The molecule has 1 aromatic rings. The quantitative estimate of drug-likeness (QED) is 0.840. The minimum absolute atomic E-state index is 0.308. The Hall–Kier alpha value is -0.500. The van der Waals surface area contributed by atoms with E-state index < -0.39 is 5.54 Å². The fraction of sp³-hybridized carbons (Fsp3) is 0.462. The molecule has 0 heterocycles. The van der Waals surface area contributed by atoms with E-state index in [0.29, 0.717) is 6.04 Å². The molecule has 1 atom stereocenters. The second-order valence-electron chi connectivity index (χ2n) is 4.49. The maximum Gasteiger partial charge on any atom is 0.113 e. The van der Waals surface area contributed by atoms with Crippen molar-refractivity contribution in [3.63, 3.8) is 0 Å². The van der Waals surface area contributed by atoms with Gasteiger partial charge in [0.05, 0.1) is 6.07 Å². The van der Waals surface area contributed by atoms with E-state index in [4.69, 9.17) is 0 Å². The molecule has 1 aromatic carbocycles. The molecule has 1 N–H and O–H groups in total. The van der Waals surface area contributed by atoms with Crippen molar-refractivity contribution < 1.29 is 0 Å². The lowest BCUT2D eigenvalue weighted by atomic mass is 10.1. The SMILES string of the molecule is CC(C)NC(C)(C#N)CSc1cccc(Br)c1. The van der Waals surface area contributed by atoms with Gasteiger partial charge in [0.1, 0.15) is 5.54 Å². The largest absolute Gasteiger partial charge is 0.297 e. The molecular weight excluding hydrogens is 296 g/mol.